The predicted octanol–water partition coefficient (Wildman–Crippen LogP) is 3.51. The van der Waals surface area contributed by atoms with E-state index in [1.54, 1.807) is 4.90 Å². The number of rotatable bonds is 4. The Morgan fingerprint density at radius 2 is 1.93 bits per heavy atom. The van der Waals surface area contributed by atoms with Crippen LogP contribution in [0.3, 0.4) is 0 Å². The summed E-state index contributed by atoms with van der Waals surface area (Å²) < 4.78 is 1.81. The third-order valence-electron chi connectivity index (χ3n) is 7.59. The van der Waals surface area contributed by atoms with Gasteiger partial charge >= 0.3 is 0 Å². The lowest BCUT2D eigenvalue weighted by Crippen LogP contribution is -2.55. The summed E-state index contributed by atoms with van der Waals surface area (Å²) in [5, 5.41) is 4.99. The summed E-state index contributed by atoms with van der Waals surface area (Å²) >= 11 is 6.66. The van der Waals surface area contributed by atoms with Crippen LogP contribution in [0, 0.1) is 11.8 Å². The molecule has 3 heterocycles. The van der Waals surface area contributed by atoms with Crippen LogP contribution in [0.25, 0.3) is 5.52 Å². The number of aromatic nitrogens is 2. The molecule has 3 saturated carbocycles. The number of pyridine rings is 1. The van der Waals surface area contributed by atoms with Gasteiger partial charge in [-0.2, -0.15) is 5.10 Å². The van der Waals surface area contributed by atoms with Crippen LogP contribution in [0.2, 0.25) is 5.02 Å². The van der Waals surface area contributed by atoms with Gasteiger partial charge in [0.2, 0.25) is 5.91 Å². The molecule has 2 unspecified atom stereocenters. The summed E-state index contributed by atoms with van der Waals surface area (Å²) in [5.41, 5.74) is 3.42. The molecule has 158 valence electrons. The average molecular weight is 427 g/mol. The van der Waals surface area contributed by atoms with E-state index >= 15 is 0 Å². The van der Waals surface area contributed by atoms with Crippen molar-refractivity contribution in [2.24, 2.45) is 11.8 Å². The molecule has 0 aromatic carbocycles. The molecule has 0 spiro atoms. The molecular formula is C23H27ClN4O2. The van der Waals surface area contributed by atoms with Crippen LogP contribution >= 0.6 is 11.6 Å². The number of carbonyl (C=O) groups is 2. The maximum atomic E-state index is 13.2. The van der Waals surface area contributed by atoms with Crippen molar-refractivity contribution in [1.82, 2.24) is 19.4 Å². The number of piperazine rings is 1. The molecule has 6 nitrogen and oxygen atoms in total. The molecule has 2 atom stereocenters. The van der Waals surface area contributed by atoms with E-state index in [0.717, 1.165) is 42.3 Å². The Labute approximate surface area is 181 Å². The van der Waals surface area contributed by atoms with Crippen LogP contribution in [-0.4, -0.2) is 56.9 Å². The number of fused-ring (bicyclic) bond motifs is 2. The molecule has 30 heavy (non-hydrogen) atoms. The van der Waals surface area contributed by atoms with Gasteiger partial charge in [0.15, 0.2) is 5.69 Å². The van der Waals surface area contributed by atoms with Gasteiger partial charge in [0.25, 0.3) is 5.91 Å². The van der Waals surface area contributed by atoms with Gasteiger partial charge < -0.3 is 9.80 Å². The highest BCUT2D eigenvalue weighted by atomic mass is 35.5. The molecule has 1 aliphatic heterocycles. The van der Waals surface area contributed by atoms with E-state index in [0.29, 0.717) is 30.1 Å². The van der Waals surface area contributed by atoms with Gasteiger partial charge in [-0.1, -0.05) is 18.5 Å². The third kappa shape index (κ3) is 2.95. The van der Waals surface area contributed by atoms with Gasteiger partial charge in [-0.25, -0.2) is 4.52 Å². The molecule has 0 radical (unpaired) electrons. The first-order valence-corrected chi connectivity index (χ1v) is 11.7. The Hall–Kier alpha value is -2.08. The van der Waals surface area contributed by atoms with Crippen molar-refractivity contribution in [3.63, 3.8) is 0 Å². The maximum Gasteiger partial charge on any atom is 0.276 e. The lowest BCUT2D eigenvalue weighted by molar-refractivity contribution is -0.137. The van der Waals surface area contributed by atoms with Crippen LogP contribution in [0.1, 0.15) is 66.7 Å². The summed E-state index contributed by atoms with van der Waals surface area (Å²) in [4.78, 5) is 29.7. The van der Waals surface area contributed by atoms with Crippen LogP contribution in [0.15, 0.2) is 12.1 Å². The van der Waals surface area contributed by atoms with Gasteiger partial charge in [-0.05, 0) is 74.0 Å². The van der Waals surface area contributed by atoms with Crippen LogP contribution in [-0.2, 0) is 11.2 Å². The number of nitrogens with zero attached hydrogens (tertiary/aromatic N) is 4. The van der Waals surface area contributed by atoms with E-state index in [-0.39, 0.29) is 24.1 Å². The normalized spacial score (nSPS) is 28.3. The summed E-state index contributed by atoms with van der Waals surface area (Å²) in [6.45, 7) is 3.39. The molecule has 6 rings (SSSR count). The molecule has 2 amide bonds. The second kappa shape index (κ2) is 6.71. The highest BCUT2D eigenvalue weighted by Gasteiger charge is 2.49. The van der Waals surface area contributed by atoms with Crippen molar-refractivity contribution in [2.75, 3.05) is 19.6 Å². The summed E-state index contributed by atoms with van der Waals surface area (Å²) in [6.07, 6.45) is 6.88. The standard InChI is InChI=1S/C23H27ClN4O2/c1-2-17-8-16(13-3-4-13)11-19-21(24)22(25-28(17)19)23(30)26-5-6-27(20(29)12-26)18-9-14-7-15(14)10-18/h8,11,13-15,18H,2-7,9-10,12H2,1H3. The molecule has 7 heteroatoms. The second-order valence-corrected chi connectivity index (χ2v) is 9.94. The quantitative estimate of drug-likeness (QED) is 0.751. The summed E-state index contributed by atoms with van der Waals surface area (Å²) in [7, 11) is 0. The van der Waals surface area contributed by atoms with E-state index in [2.05, 4.69) is 24.2 Å². The first-order valence-electron chi connectivity index (χ1n) is 11.3. The lowest BCUT2D eigenvalue weighted by atomic mass is 10.1. The van der Waals surface area contributed by atoms with E-state index < -0.39 is 0 Å². The van der Waals surface area contributed by atoms with Crippen LogP contribution in [0.4, 0.5) is 0 Å². The summed E-state index contributed by atoms with van der Waals surface area (Å²) in [5.74, 6) is 2.12. The Bertz CT molecular complexity index is 1050. The first-order chi connectivity index (χ1) is 14.5. The van der Waals surface area contributed by atoms with Crippen molar-refractivity contribution in [2.45, 2.75) is 57.4 Å². The first kappa shape index (κ1) is 18.7. The van der Waals surface area contributed by atoms with Crippen molar-refractivity contribution in [1.29, 1.82) is 0 Å². The number of hydrogen-bond donors (Lipinski definition) is 0. The number of amides is 2. The van der Waals surface area contributed by atoms with Crippen molar-refractivity contribution in [3.05, 3.63) is 34.1 Å². The predicted molar refractivity (Wildman–Crippen MR) is 114 cm³/mol. The highest BCUT2D eigenvalue weighted by molar-refractivity contribution is 6.36. The minimum atomic E-state index is -0.235. The van der Waals surface area contributed by atoms with Gasteiger partial charge in [-0.3, -0.25) is 9.59 Å². The van der Waals surface area contributed by atoms with Gasteiger partial charge in [0.1, 0.15) is 6.54 Å². The van der Waals surface area contributed by atoms with E-state index in [1.807, 2.05) is 9.42 Å². The fourth-order valence-corrected chi connectivity index (χ4v) is 5.84. The zero-order chi connectivity index (χ0) is 20.6. The van der Waals surface area contributed by atoms with E-state index in [9.17, 15) is 9.59 Å². The monoisotopic (exact) mass is 426 g/mol. The molecule has 4 aliphatic rings. The molecular weight excluding hydrogens is 400 g/mol. The fourth-order valence-electron chi connectivity index (χ4n) is 5.58. The van der Waals surface area contributed by atoms with Gasteiger partial charge in [-0.15, -0.1) is 0 Å². The molecule has 3 aliphatic carbocycles. The maximum absolute atomic E-state index is 13.2. The molecule has 2 aromatic rings. The Kier molecular flexibility index (Phi) is 4.18. The number of halogens is 1. The minimum absolute atomic E-state index is 0.0612. The Morgan fingerprint density at radius 1 is 1.17 bits per heavy atom. The number of hydrogen-bond acceptors (Lipinski definition) is 3. The second-order valence-electron chi connectivity index (χ2n) is 9.56. The van der Waals surface area contributed by atoms with Gasteiger partial charge in [0, 0.05) is 24.8 Å². The molecule has 0 N–H and O–H groups in total. The Morgan fingerprint density at radius 3 is 2.60 bits per heavy atom. The molecule has 2 aromatic heterocycles. The highest BCUT2D eigenvalue weighted by Crippen LogP contribution is 2.53. The van der Waals surface area contributed by atoms with Crippen molar-refractivity contribution < 1.29 is 9.59 Å². The smallest absolute Gasteiger partial charge is 0.276 e. The minimum Gasteiger partial charge on any atom is -0.336 e. The van der Waals surface area contributed by atoms with E-state index in [4.69, 9.17) is 11.6 Å². The number of aryl methyl sites for hydroxylation is 1. The van der Waals surface area contributed by atoms with Crippen molar-refractivity contribution in [3.8, 4) is 0 Å². The molecule has 1 saturated heterocycles. The lowest BCUT2D eigenvalue weighted by Gasteiger charge is -2.38. The van der Waals surface area contributed by atoms with Crippen LogP contribution < -0.4 is 0 Å². The Balaban J connectivity index is 1.24. The fraction of sp³-hybridized carbons (Fsp3) is 0.609. The van der Waals surface area contributed by atoms with Gasteiger partial charge in [0.05, 0.1) is 10.5 Å². The van der Waals surface area contributed by atoms with Crippen molar-refractivity contribution >= 4 is 28.9 Å². The number of carbonyl (C=O) groups excluding carboxylic acids is 2. The average Bonchev–Trinajstić information content (AvgIpc) is 3.67. The van der Waals surface area contributed by atoms with Crippen LogP contribution in [0.5, 0.6) is 0 Å². The molecule has 0 bridgehead atoms. The zero-order valence-electron chi connectivity index (χ0n) is 17.3. The zero-order valence-corrected chi connectivity index (χ0v) is 18.1. The largest absolute Gasteiger partial charge is 0.336 e. The summed E-state index contributed by atoms with van der Waals surface area (Å²) in [6, 6.07) is 4.65. The van der Waals surface area contributed by atoms with E-state index in [1.165, 1.54) is 24.8 Å². The molecule has 4 fully saturated rings. The third-order valence-corrected chi connectivity index (χ3v) is 7.96. The topological polar surface area (TPSA) is 57.9 Å². The SMILES string of the molecule is CCc1cc(C2CC2)cc2c(Cl)c(C(=O)N3CCN(C4CC5CC5C4)C(=O)C3)nn12.